The lowest BCUT2D eigenvalue weighted by atomic mass is 10.1. The van der Waals surface area contributed by atoms with Gasteiger partial charge in [0, 0.05) is 13.1 Å². The minimum atomic E-state index is -1.02. The molecule has 2 aromatic rings. The predicted molar refractivity (Wildman–Crippen MR) is 104 cm³/mol. The lowest BCUT2D eigenvalue weighted by Crippen LogP contribution is -2.41. The maximum Gasteiger partial charge on any atom is 0.329 e. The Morgan fingerprint density at radius 2 is 1.79 bits per heavy atom. The van der Waals surface area contributed by atoms with Crippen LogP contribution in [0.4, 0.5) is 10.1 Å². The highest BCUT2D eigenvalue weighted by molar-refractivity contribution is 6.40. The van der Waals surface area contributed by atoms with Crippen molar-refractivity contribution in [3.8, 4) is 0 Å². The second-order valence-corrected chi connectivity index (χ2v) is 6.16. The lowest BCUT2D eigenvalue weighted by molar-refractivity contribution is -0.136. The van der Waals surface area contributed by atoms with Crippen LogP contribution in [-0.4, -0.2) is 55.1 Å². The molecule has 3 rings (SSSR count). The Morgan fingerprint density at radius 3 is 2.55 bits per heavy atom. The Labute approximate surface area is 166 Å². The number of anilines is 1. The third kappa shape index (κ3) is 5.45. The molecular weight excluding hydrogens is 379 g/mol. The summed E-state index contributed by atoms with van der Waals surface area (Å²) in [5, 5.41) is 6.06. The van der Waals surface area contributed by atoms with Crippen LogP contribution < -0.4 is 10.7 Å². The molecule has 9 heteroatoms. The predicted octanol–water partition coefficient (Wildman–Crippen LogP) is 1.39. The number of nitrogens with zero attached hydrogens (tertiary/aromatic N) is 2. The zero-order chi connectivity index (χ0) is 20.6. The number of carbonyl (C=O) groups excluding carboxylic acids is 3. The van der Waals surface area contributed by atoms with Gasteiger partial charge in [0.15, 0.2) is 0 Å². The van der Waals surface area contributed by atoms with E-state index in [9.17, 15) is 18.8 Å². The minimum Gasteiger partial charge on any atom is -0.378 e. The molecule has 1 aliphatic heterocycles. The number of ether oxygens (including phenoxy) is 1. The van der Waals surface area contributed by atoms with Crippen molar-refractivity contribution >= 4 is 29.6 Å². The summed E-state index contributed by atoms with van der Waals surface area (Å²) in [4.78, 5) is 38.4. The van der Waals surface area contributed by atoms with Crippen LogP contribution in [-0.2, 0) is 14.3 Å². The van der Waals surface area contributed by atoms with Crippen molar-refractivity contribution in [3.05, 3.63) is 65.5 Å². The second-order valence-electron chi connectivity index (χ2n) is 6.16. The Hall–Kier alpha value is -3.59. The van der Waals surface area contributed by atoms with Gasteiger partial charge in [-0.25, -0.2) is 9.82 Å². The number of morpholine rings is 1. The molecule has 8 nitrogen and oxygen atoms in total. The summed E-state index contributed by atoms with van der Waals surface area (Å²) in [5.74, 6) is -2.71. The van der Waals surface area contributed by atoms with E-state index in [2.05, 4.69) is 15.8 Å². The first-order chi connectivity index (χ1) is 14.0. The van der Waals surface area contributed by atoms with Crippen LogP contribution in [0.25, 0.3) is 0 Å². The molecule has 150 valence electrons. The molecule has 29 heavy (non-hydrogen) atoms. The molecule has 2 N–H and O–H groups in total. The fraction of sp³-hybridized carbons (Fsp3) is 0.200. The number of hydrazone groups is 1. The van der Waals surface area contributed by atoms with Gasteiger partial charge in [-0.3, -0.25) is 14.4 Å². The molecule has 0 aliphatic carbocycles. The smallest absolute Gasteiger partial charge is 0.329 e. The summed E-state index contributed by atoms with van der Waals surface area (Å²) in [5.41, 5.74) is 2.99. The molecule has 1 aliphatic rings. The molecule has 2 aromatic carbocycles. The third-order valence-corrected chi connectivity index (χ3v) is 4.14. The first-order valence-electron chi connectivity index (χ1n) is 8.90. The summed E-state index contributed by atoms with van der Waals surface area (Å²) < 4.78 is 18.3. The van der Waals surface area contributed by atoms with Crippen LogP contribution in [0.2, 0.25) is 0 Å². The van der Waals surface area contributed by atoms with E-state index in [4.69, 9.17) is 4.74 Å². The zero-order valence-corrected chi connectivity index (χ0v) is 15.4. The first kappa shape index (κ1) is 20.2. The molecule has 1 saturated heterocycles. The molecule has 0 unspecified atom stereocenters. The van der Waals surface area contributed by atoms with Crippen LogP contribution >= 0.6 is 0 Å². The van der Waals surface area contributed by atoms with E-state index in [0.717, 1.165) is 0 Å². The second kappa shape index (κ2) is 9.56. The van der Waals surface area contributed by atoms with E-state index in [1.54, 1.807) is 29.2 Å². The van der Waals surface area contributed by atoms with E-state index in [1.807, 2.05) is 0 Å². The maximum atomic E-state index is 13.1. The van der Waals surface area contributed by atoms with E-state index in [-0.39, 0.29) is 17.2 Å². The number of amides is 3. The molecule has 0 saturated carbocycles. The van der Waals surface area contributed by atoms with E-state index >= 15 is 0 Å². The normalized spacial score (nSPS) is 13.9. The van der Waals surface area contributed by atoms with Crippen LogP contribution in [0.15, 0.2) is 53.6 Å². The van der Waals surface area contributed by atoms with Crippen LogP contribution in [0, 0.1) is 5.82 Å². The average molecular weight is 398 g/mol. The Kier molecular flexibility index (Phi) is 6.64. The molecule has 0 aromatic heterocycles. The van der Waals surface area contributed by atoms with E-state index in [0.29, 0.717) is 31.9 Å². The lowest BCUT2D eigenvalue weighted by Gasteiger charge is -2.27. The highest BCUT2D eigenvalue weighted by Gasteiger charge is 2.22. The van der Waals surface area contributed by atoms with Crippen molar-refractivity contribution in [2.45, 2.75) is 0 Å². The van der Waals surface area contributed by atoms with Gasteiger partial charge >= 0.3 is 11.8 Å². The van der Waals surface area contributed by atoms with Crippen molar-refractivity contribution in [3.63, 3.8) is 0 Å². The average Bonchev–Trinajstić information content (AvgIpc) is 2.74. The van der Waals surface area contributed by atoms with Crippen molar-refractivity contribution in [1.29, 1.82) is 0 Å². The highest BCUT2D eigenvalue weighted by atomic mass is 19.1. The van der Waals surface area contributed by atoms with Gasteiger partial charge < -0.3 is 15.0 Å². The van der Waals surface area contributed by atoms with Gasteiger partial charge in [0.25, 0.3) is 5.91 Å². The molecular formula is C20H19FN4O4. The number of halogens is 1. The largest absolute Gasteiger partial charge is 0.378 e. The fourth-order valence-electron chi connectivity index (χ4n) is 2.70. The number of carbonyl (C=O) groups is 3. The van der Waals surface area contributed by atoms with Crippen LogP contribution in [0.3, 0.4) is 0 Å². The van der Waals surface area contributed by atoms with Gasteiger partial charge in [0.1, 0.15) is 5.82 Å². The number of hydrogen-bond acceptors (Lipinski definition) is 5. The van der Waals surface area contributed by atoms with Gasteiger partial charge in [-0.15, -0.1) is 0 Å². The van der Waals surface area contributed by atoms with Crippen LogP contribution in [0.1, 0.15) is 15.9 Å². The van der Waals surface area contributed by atoms with E-state index in [1.165, 1.54) is 30.5 Å². The molecule has 1 fully saturated rings. The monoisotopic (exact) mass is 398 g/mol. The summed E-state index contributed by atoms with van der Waals surface area (Å²) >= 11 is 0. The summed E-state index contributed by atoms with van der Waals surface area (Å²) in [6, 6.07) is 12.0. The number of rotatable bonds is 4. The first-order valence-corrected chi connectivity index (χ1v) is 8.90. The Balaban J connectivity index is 1.62. The highest BCUT2D eigenvalue weighted by Crippen LogP contribution is 2.18. The number of para-hydroxylation sites is 1. The summed E-state index contributed by atoms with van der Waals surface area (Å²) in [7, 11) is 0. The van der Waals surface area contributed by atoms with E-state index < -0.39 is 17.6 Å². The van der Waals surface area contributed by atoms with Gasteiger partial charge in [-0.05, 0) is 29.8 Å². The number of benzene rings is 2. The topological polar surface area (TPSA) is 100 Å². The number of hydrogen-bond donors (Lipinski definition) is 2. The summed E-state index contributed by atoms with van der Waals surface area (Å²) in [6.45, 7) is 1.81. The van der Waals surface area contributed by atoms with Crippen molar-refractivity contribution in [2.24, 2.45) is 5.10 Å². The van der Waals surface area contributed by atoms with Gasteiger partial charge in [0.05, 0.1) is 30.7 Å². The Morgan fingerprint density at radius 1 is 1.03 bits per heavy atom. The van der Waals surface area contributed by atoms with Gasteiger partial charge in [0.2, 0.25) is 0 Å². The fourth-order valence-corrected chi connectivity index (χ4v) is 2.70. The maximum absolute atomic E-state index is 13.1. The Bertz CT molecular complexity index is 942. The standard InChI is InChI=1S/C20H19FN4O4/c21-15-5-3-4-14(12-15)13-22-24-19(27)18(26)23-17-7-2-1-6-16(17)20(28)25-8-10-29-11-9-25/h1-7,12-13H,8-11H2,(H,23,26)(H,24,27). The molecule has 0 bridgehead atoms. The molecule has 1 heterocycles. The molecule has 0 atom stereocenters. The quantitative estimate of drug-likeness (QED) is 0.462. The van der Waals surface area contributed by atoms with Crippen LogP contribution in [0.5, 0.6) is 0 Å². The zero-order valence-electron chi connectivity index (χ0n) is 15.4. The molecule has 0 spiro atoms. The van der Waals surface area contributed by atoms with Gasteiger partial charge in [-0.1, -0.05) is 24.3 Å². The molecule has 0 radical (unpaired) electrons. The third-order valence-electron chi connectivity index (χ3n) is 4.14. The number of nitrogens with one attached hydrogen (secondary N) is 2. The summed E-state index contributed by atoms with van der Waals surface area (Å²) in [6.07, 6.45) is 1.21. The minimum absolute atomic E-state index is 0.221. The van der Waals surface area contributed by atoms with Crippen molar-refractivity contribution < 1.29 is 23.5 Å². The van der Waals surface area contributed by atoms with Crippen molar-refractivity contribution in [2.75, 3.05) is 31.6 Å². The van der Waals surface area contributed by atoms with Gasteiger partial charge in [-0.2, -0.15) is 5.10 Å². The molecule has 3 amide bonds. The SMILES string of the molecule is O=C(NN=Cc1cccc(F)c1)C(=O)Nc1ccccc1C(=O)N1CCOCC1. The van der Waals surface area contributed by atoms with Crippen molar-refractivity contribution in [1.82, 2.24) is 10.3 Å².